The zero-order valence-electron chi connectivity index (χ0n) is 12.5. The van der Waals surface area contributed by atoms with E-state index in [2.05, 4.69) is 16.0 Å². The van der Waals surface area contributed by atoms with Crippen molar-refractivity contribution >= 4 is 29.7 Å². The van der Waals surface area contributed by atoms with Crippen LogP contribution in [0.4, 0.5) is 4.79 Å². The number of hydrogen-bond acceptors (Lipinski definition) is 4. The number of rotatable bonds is 5. The van der Waals surface area contributed by atoms with Gasteiger partial charge in [0.1, 0.15) is 5.54 Å². The molecule has 22 heavy (non-hydrogen) atoms. The van der Waals surface area contributed by atoms with Crippen molar-refractivity contribution in [3.05, 3.63) is 0 Å². The van der Waals surface area contributed by atoms with Gasteiger partial charge in [0.25, 0.3) is 0 Å². The number of carboxylic acid groups (broad SMARTS) is 1. The van der Waals surface area contributed by atoms with E-state index in [0.29, 0.717) is 17.9 Å². The lowest BCUT2D eigenvalue weighted by molar-refractivity contribution is -0.146. The van der Waals surface area contributed by atoms with Crippen LogP contribution >= 0.6 is 11.8 Å². The Hall–Kier alpha value is -1.44. The average Bonchev–Trinajstić information content (AvgIpc) is 2.96. The molecule has 1 saturated heterocycles. The molecule has 124 valence electrons. The summed E-state index contributed by atoms with van der Waals surface area (Å²) in [6.07, 6.45) is 5.79. The Bertz CT molecular complexity index is 432. The number of aliphatic carboxylic acids is 1. The van der Waals surface area contributed by atoms with Crippen molar-refractivity contribution in [3.8, 4) is 0 Å². The standard InChI is InChI=1S/C14H23N3O4S/c18-11(17-14(12(19)20)6-7-22-9-14)8-15-13(21)16-10-4-2-1-3-5-10/h10H,1-9H2,(H,17,18)(H,19,20)(H2,15,16,21). The second kappa shape index (κ2) is 7.71. The Balaban J connectivity index is 1.72. The highest BCUT2D eigenvalue weighted by molar-refractivity contribution is 7.99. The van der Waals surface area contributed by atoms with E-state index in [1.54, 1.807) is 0 Å². The van der Waals surface area contributed by atoms with Crippen molar-refractivity contribution in [2.45, 2.75) is 50.1 Å². The van der Waals surface area contributed by atoms with E-state index in [1.165, 1.54) is 18.2 Å². The molecule has 0 radical (unpaired) electrons. The number of urea groups is 1. The first-order chi connectivity index (χ1) is 10.5. The molecule has 1 saturated carbocycles. The summed E-state index contributed by atoms with van der Waals surface area (Å²) in [6.45, 7) is -0.210. The molecule has 1 heterocycles. The third-order valence-corrected chi connectivity index (χ3v) is 5.35. The molecule has 0 bridgehead atoms. The maximum absolute atomic E-state index is 11.9. The van der Waals surface area contributed by atoms with Crippen molar-refractivity contribution < 1.29 is 19.5 Å². The predicted molar refractivity (Wildman–Crippen MR) is 83.9 cm³/mol. The van der Waals surface area contributed by atoms with Gasteiger partial charge >= 0.3 is 12.0 Å². The third-order valence-electron chi connectivity index (χ3n) is 4.16. The maximum Gasteiger partial charge on any atom is 0.330 e. The van der Waals surface area contributed by atoms with Crippen LogP contribution in [0.2, 0.25) is 0 Å². The second-order valence-electron chi connectivity index (χ2n) is 5.90. The van der Waals surface area contributed by atoms with E-state index in [4.69, 9.17) is 0 Å². The molecule has 8 heteroatoms. The lowest BCUT2D eigenvalue weighted by Crippen LogP contribution is -2.57. The van der Waals surface area contributed by atoms with Crippen LogP contribution in [0.3, 0.4) is 0 Å². The molecular formula is C14H23N3O4S. The lowest BCUT2D eigenvalue weighted by atomic mass is 9.96. The Morgan fingerprint density at radius 2 is 1.91 bits per heavy atom. The van der Waals surface area contributed by atoms with Crippen LogP contribution in [-0.2, 0) is 9.59 Å². The minimum absolute atomic E-state index is 0.174. The Kier molecular flexibility index (Phi) is 5.93. The third kappa shape index (κ3) is 4.53. The molecule has 2 aliphatic rings. The largest absolute Gasteiger partial charge is 0.479 e. The Morgan fingerprint density at radius 3 is 2.50 bits per heavy atom. The highest BCUT2D eigenvalue weighted by Crippen LogP contribution is 2.28. The van der Waals surface area contributed by atoms with Crippen LogP contribution in [0.25, 0.3) is 0 Å². The summed E-state index contributed by atoms with van der Waals surface area (Å²) in [5, 5.41) is 17.2. The van der Waals surface area contributed by atoms with Gasteiger partial charge in [0.15, 0.2) is 0 Å². The fourth-order valence-corrected chi connectivity index (χ4v) is 4.17. The van der Waals surface area contributed by atoms with Gasteiger partial charge in [-0.2, -0.15) is 11.8 Å². The van der Waals surface area contributed by atoms with E-state index in [9.17, 15) is 19.5 Å². The van der Waals surface area contributed by atoms with Gasteiger partial charge in [-0.1, -0.05) is 19.3 Å². The summed E-state index contributed by atoms with van der Waals surface area (Å²) in [7, 11) is 0. The van der Waals surface area contributed by atoms with Gasteiger partial charge in [0.05, 0.1) is 6.54 Å². The van der Waals surface area contributed by atoms with Gasteiger partial charge in [-0.15, -0.1) is 0 Å². The highest BCUT2D eigenvalue weighted by atomic mass is 32.2. The zero-order chi connectivity index (χ0) is 16.0. The summed E-state index contributed by atoms with van der Waals surface area (Å²) in [5.41, 5.74) is -1.19. The summed E-state index contributed by atoms with van der Waals surface area (Å²) in [4.78, 5) is 35.0. The first-order valence-corrected chi connectivity index (χ1v) is 8.84. The summed E-state index contributed by atoms with van der Waals surface area (Å²) < 4.78 is 0. The molecule has 4 N–H and O–H groups in total. The Morgan fingerprint density at radius 1 is 1.18 bits per heavy atom. The molecule has 0 aromatic rings. The van der Waals surface area contributed by atoms with Gasteiger partial charge in [0, 0.05) is 11.8 Å². The van der Waals surface area contributed by atoms with E-state index >= 15 is 0 Å². The van der Waals surface area contributed by atoms with Gasteiger partial charge in [-0.3, -0.25) is 4.79 Å². The van der Waals surface area contributed by atoms with E-state index in [-0.39, 0.29) is 18.6 Å². The molecule has 1 unspecified atom stereocenters. The number of thioether (sulfide) groups is 1. The number of hydrogen-bond donors (Lipinski definition) is 4. The van der Waals surface area contributed by atoms with Crippen LogP contribution in [0.15, 0.2) is 0 Å². The van der Waals surface area contributed by atoms with Crippen LogP contribution in [0.5, 0.6) is 0 Å². The normalized spacial score (nSPS) is 25.5. The number of amides is 3. The smallest absolute Gasteiger partial charge is 0.330 e. The SMILES string of the molecule is O=C(CNC(=O)NC1CCCCC1)NC1(C(=O)O)CCSC1. The molecule has 0 aromatic heterocycles. The first-order valence-electron chi connectivity index (χ1n) is 7.68. The number of carboxylic acids is 1. The van der Waals surface area contributed by atoms with Gasteiger partial charge in [-0.25, -0.2) is 9.59 Å². The van der Waals surface area contributed by atoms with Crippen molar-refractivity contribution in [2.24, 2.45) is 0 Å². The molecule has 7 nitrogen and oxygen atoms in total. The molecule has 1 aliphatic carbocycles. The van der Waals surface area contributed by atoms with Crippen molar-refractivity contribution in [1.82, 2.24) is 16.0 Å². The lowest BCUT2D eigenvalue weighted by Gasteiger charge is -2.25. The molecular weight excluding hydrogens is 306 g/mol. The van der Waals surface area contributed by atoms with Gasteiger partial charge in [0.2, 0.25) is 5.91 Å². The average molecular weight is 329 g/mol. The molecule has 1 aliphatic heterocycles. The van der Waals surface area contributed by atoms with Crippen molar-refractivity contribution in [3.63, 3.8) is 0 Å². The molecule has 2 rings (SSSR count). The number of nitrogens with one attached hydrogen (secondary N) is 3. The van der Waals surface area contributed by atoms with Crippen LogP contribution in [0, 0.1) is 0 Å². The second-order valence-corrected chi connectivity index (χ2v) is 7.01. The highest BCUT2D eigenvalue weighted by Gasteiger charge is 2.43. The molecule has 0 spiro atoms. The van der Waals surface area contributed by atoms with Crippen molar-refractivity contribution in [1.29, 1.82) is 0 Å². The topological polar surface area (TPSA) is 108 Å². The number of carbonyl (C=O) groups excluding carboxylic acids is 2. The summed E-state index contributed by atoms with van der Waals surface area (Å²) >= 11 is 1.50. The van der Waals surface area contributed by atoms with Gasteiger partial charge < -0.3 is 21.1 Å². The molecule has 0 aromatic carbocycles. The monoisotopic (exact) mass is 329 g/mol. The predicted octanol–water partition coefficient (Wildman–Crippen LogP) is 0.695. The fraction of sp³-hybridized carbons (Fsp3) is 0.786. The van der Waals surface area contributed by atoms with Crippen molar-refractivity contribution in [2.75, 3.05) is 18.1 Å². The van der Waals surface area contributed by atoms with E-state index < -0.39 is 17.4 Å². The van der Waals surface area contributed by atoms with Crippen LogP contribution in [-0.4, -0.2) is 52.6 Å². The number of carbonyl (C=O) groups is 3. The Labute approximate surface area is 134 Å². The summed E-state index contributed by atoms with van der Waals surface area (Å²) in [6, 6.07) is -0.194. The maximum atomic E-state index is 11.9. The minimum atomic E-state index is -1.19. The fourth-order valence-electron chi connectivity index (χ4n) is 2.84. The van der Waals surface area contributed by atoms with E-state index in [1.807, 2.05) is 0 Å². The van der Waals surface area contributed by atoms with Gasteiger partial charge in [-0.05, 0) is 25.0 Å². The van der Waals surface area contributed by atoms with Crippen LogP contribution in [0.1, 0.15) is 38.5 Å². The first kappa shape index (κ1) is 16.9. The quantitative estimate of drug-likeness (QED) is 0.594. The zero-order valence-corrected chi connectivity index (χ0v) is 13.3. The minimum Gasteiger partial charge on any atom is -0.479 e. The summed E-state index contributed by atoms with van der Waals surface area (Å²) in [5.74, 6) is -0.411. The molecule has 3 amide bonds. The molecule has 1 atom stereocenters. The van der Waals surface area contributed by atoms with Crippen LogP contribution < -0.4 is 16.0 Å². The van der Waals surface area contributed by atoms with E-state index in [0.717, 1.165) is 25.7 Å². The molecule has 2 fully saturated rings.